The molecule has 0 saturated heterocycles. The van der Waals surface area contributed by atoms with E-state index in [4.69, 9.17) is 15.6 Å². The number of hydrogen-bond donors (Lipinski definition) is 2. The second-order valence-corrected chi connectivity index (χ2v) is 3.96. The van der Waals surface area contributed by atoms with E-state index < -0.39 is 0 Å². The Hall–Kier alpha value is -0.120. The van der Waals surface area contributed by atoms with Gasteiger partial charge in [-0.3, -0.25) is 0 Å². The molecule has 0 aromatic carbocycles. The van der Waals surface area contributed by atoms with Crippen LogP contribution < -0.4 is 5.73 Å². The Morgan fingerprint density at radius 2 is 2.25 bits per heavy atom. The van der Waals surface area contributed by atoms with Crippen LogP contribution in [0.2, 0.25) is 0 Å². The second-order valence-electron chi connectivity index (χ2n) is 3.96. The van der Waals surface area contributed by atoms with Gasteiger partial charge in [0, 0.05) is 0 Å². The molecule has 0 aliphatic heterocycles. The highest BCUT2D eigenvalue weighted by Gasteiger charge is 2.40. The Labute approximate surface area is 73.9 Å². The topological polar surface area (TPSA) is 55.5 Å². The van der Waals surface area contributed by atoms with E-state index in [1.54, 1.807) is 0 Å². The number of rotatable bonds is 5. The fraction of sp³-hybridized carbons (Fsp3) is 1.00. The summed E-state index contributed by atoms with van der Waals surface area (Å²) in [7, 11) is 0. The molecule has 3 N–H and O–H groups in total. The molecule has 1 saturated carbocycles. The summed E-state index contributed by atoms with van der Waals surface area (Å²) < 4.78 is 5.49. The van der Waals surface area contributed by atoms with E-state index in [-0.39, 0.29) is 12.6 Å². The van der Waals surface area contributed by atoms with Gasteiger partial charge in [-0.05, 0) is 18.3 Å². The zero-order valence-electron chi connectivity index (χ0n) is 7.86. The molecule has 1 rings (SSSR count). The van der Waals surface area contributed by atoms with Crippen molar-refractivity contribution in [3.05, 3.63) is 0 Å². The lowest BCUT2D eigenvalue weighted by Gasteiger charge is -2.09. The molecule has 3 heteroatoms. The summed E-state index contributed by atoms with van der Waals surface area (Å²) in [5.74, 6) is 1.43. The molecule has 0 bridgehead atoms. The summed E-state index contributed by atoms with van der Waals surface area (Å²) in [6.07, 6.45) is 1.57. The van der Waals surface area contributed by atoms with E-state index in [0.29, 0.717) is 18.6 Å². The summed E-state index contributed by atoms with van der Waals surface area (Å²) >= 11 is 0. The van der Waals surface area contributed by atoms with Crippen molar-refractivity contribution < 1.29 is 9.84 Å². The third-order valence-electron chi connectivity index (χ3n) is 2.39. The summed E-state index contributed by atoms with van der Waals surface area (Å²) in [6, 6.07) is -0.210. The van der Waals surface area contributed by atoms with Gasteiger partial charge in [-0.15, -0.1) is 0 Å². The SMILES string of the molecule is CC(C)[C@H]1C[C@H]1OCC(N)CO. The molecule has 72 valence electrons. The number of ether oxygens (including phenoxy) is 1. The van der Waals surface area contributed by atoms with Crippen molar-refractivity contribution >= 4 is 0 Å². The van der Waals surface area contributed by atoms with Gasteiger partial charge in [0.25, 0.3) is 0 Å². The predicted octanol–water partition coefficient (Wildman–Crippen LogP) is 0.367. The first-order valence-corrected chi connectivity index (χ1v) is 4.63. The van der Waals surface area contributed by atoms with Gasteiger partial charge < -0.3 is 15.6 Å². The average molecular weight is 173 g/mol. The van der Waals surface area contributed by atoms with Gasteiger partial charge in [-0.25, -0.2) is 0 Å². The molecular formula is C9H19NO2. The maximum atomic E-state index is 8.64. The molecule has 3 nitrogen and oxygen atoms in total. The zero-order chi connectivity index (χ0) is 9.14. The molecule has 0 spiro atoms. The molecule has 0 aromatic rings. The molecule has 0 aromatic heterocycles. The Balaban J connectivity index is 2.04. The van der Waals surface area contributed by atoms with Crippen LogP contribution in [0.3, 0.4) is 0 Å². The van der Waals surface area contributed by atoms with E-state index in [9.17, 15) is 0 Å². The van der Waals surface area contributed by atoms with Crippen LogP contribution in [0.25, 0.3) is 0 Å². The van der Waals surface area contributed by atoms with Gasteiger partial charge >= 0.3 is 0 Å². The van der Waals surface area contributed by atoms with E-state index in [0.717, 1.165) is 12.3 Å². The number of hydrogen-bond acceptors (Lipinski definition) is 3. The minimum Gasteiger partial charge on any atom is -0.395 e. The highest BCUT2D eigenvalue weighted by atomic mass is 16.5. The zero-order valence-corrected chi connectivity index (χ0v) is 7.86. The molecule has 12 heavy (non-hydrogen) atoms. The standard InChI is InChI=1S/C9H19NO2/c1-6(2)8-3-9(8)12-5-7(10)4-11/h6-9,11H,3-5,10H2,1-2H3/t7?,8-,9-/m1/s1. The van der Waals surface area contributed by atoms with Crippen molar-refractivity contribution in [2.45, 2.75) is 32.4 Å². The van der Waals surface area contributed by atoms with Crippen LogP contribution in [-0.4, -0.2) is 30.5 Å². The lowest BCUT2D eigenvalue weighted by Crippen LogP contribution is -2.30. The van der Waals surface area contributed by atoms with Crippen molar-refractivity contribution in [1.29, 1.82) is 0 Å². The molecular weight excluding hydrogens is 154 g/mol. The number of aliphatic hydroxyl groups is 1. The first-order valence-electron chi connectivity index (χ1n) is 4.63. The Morgan fingerprint density at radius 3 is 2.67 bits per heavy atom. The van der Waals surface area contributed by atoms with E-state index >= 15 is 0 Å². The van der Waals surface area contributed by atoms with E-state index in [1.165, 1.54) is 0 Å². The predicted molar refractivity (Wildman–Crippen MR) is 47.7 cm³/mol. The Kier molecular flexibility index (Phi) is 3.50. The third-order valence-corrected chi connectivity index (χ3v) is 2.39. The van der Waals surface area contributed by atoms with Crippen LogP contribution in [0.4, 0.5) is 0 Å². The molecule has 1 fully saturated rings. The third kappa shape index (κ3) is 2.73. The van der Waals surface area contributed by atoms with Crippen LogP contribution in [0, 0.1) is 11.8 Å². The Bertz CT molecular complexity index is 138. The quantitative estimate of drug-likeness (QED) is 0.631. The van der Waals surface area contributed by atoms with E-state index in [2.05, 4.69) is 13.8 Å². The van der Waals surface area contributed by atoms with Crippen LogP contribution in [-0.2, 0) is 4.74 Å². The molecule has 1 aliphatic rings. The highest BCUT2D eigenvalue weighted by Crippen LogP contribution is 2.39. The number of nitrogens with two attached hydrogens (primary N) is 1. The van der Waals surface area contributed by atoms with Gasteiger partial charge in [0.15, 0.2) is 0 Å². The summed E-state index contributed by atoms with van der Waals surface area (Å²) in [6.45, 7) is 4.92. The smallest absolute Gasteiger partial charge is 0.0643 e. The van der Waals surface area contributed by atoms with Crippen LogP contribution in [0.1, 0.15) is 20.3 Å². The minimum atomic E-state index is -0.210. The average Bonchev–Trinajstić information content (AvgIpc) is 2.79. The maximum absolute atomic E-state index is 8.64. The molecule has 0 heterocycles. The summed E-state index contributed by atoms with van der Waals surface area (Å²) in [5.41, 5.74) is 5.50. The van der Waals surface area contributed by atoms with Gasteiger partial charge in [-0.2, -0.15) is 0 Å². The van der Waals surface area contributed by atoms with Crippen molar-refractivity contribution in [2.75, 3.05) is 13.2 Å². The molecule has 3 atom stereocenters. The maximum Gasteiger partial charge on any atom is 0.0643 e. The van der Waals surface area contributed by atoms with Gasteiger partial charge in [0.1, 0.15) is 0 Å². The normalized spacial score (nSPS) is 30.8. The van der Waals surface area contributed by atoms with Gasteiger partial charge in [0.05, 0.1) is 25.4 Å². The highest BCUT2D eigenvalue weighted by molar-refractivity contribution is 4.90. The van der Waals surface area contributed by atoms with Crippen molar-refractivity contribution in [2.24, 2.45) is 17.6 Å². The van der Waals surface area contributed by atoms with Gasteiger partial charge in [0.2, 0.25) is 0 Å². The lowest BCUT2D eigenvalue weighted by atomic mass is 10.1. The first kappa shape index (κ1) is 9.96. The molecule has 1 aliphatic carbocycles. The van der Waals surface area contributed by atoms with Crippen LogP contribution in [0.15, 0.2) is 0 Å². The molecule has 0 amide bonds. The summed E-state index contributed by atoms with van der Waals surface area (Å²) in [4.78, 5) is 0. The van der Waals surface area contributed by atoms with Crippen LogP contribution in [0.5, 0.6) is 0 Å². The lowest BCUT2D eigenvalue weighted by molar-refractivity contribution is 0.0767. The molecule has 1 unspecified atom stereocenters. The monoisotopic (exact) mass is 173 g/mol. The van der Waals surface area contributed by atoms with Crippen molar-refractivity contribution in [1.82, 2.24) is 0 Å². The fourth-order valence-electron chi connectivity index (χ4n) is 1.38. The molecule has 0 radical (unpaired) electrons. The van der Waals surface area contributed by atoms with Gasteiger partial charge in [-0.1, -0.05) is 13.8 Å². The minimum absolute atomic E-state index is 0.0130. The fourth-order valence-corrected chi connectivity index (χ4v) is 1.38. The second kappa shape index (κ2) is 4.21. The van der Waals surface area contributed by atoms with Crippen molar-refractivity contribution in [3.8, 4) is 0 Å². The first-order chi connectivity index (χ1) is 5.65. The Morgan fingerprint density at radius 1 is 1.58 bits per heavy atom. The van der Waals surface area contributed by atoms with Crippen LogP contribution >= 0.6 is 0 Å². The van der Waals surface area contributed by atoms with E-state index in [1.807, 2.05) is 0 Å². The largest absolute Gasteiger partial charge is 0.395 e. The number of aliphatic hydroxyl groups excluding tert-OH is 1. The summed E-state index contributed by atoms with van der Waals surface area (Å²) in [5, 5.41) is 8.64. The van der Waals surface area contributed by atoms with Crippen molar-refractivity contribution in [3.63, 3.8) is 0 Å².